The Morgan fingerprint density at radius 2 is 1.17 bits per heavy atom. The van der Waals surface area contributed by atoms with Crippen molar-refractivity contribution >= 4 is 11.4 Å². The maximum atomic E-state index is 7.22. The molecule has 1 aliphatic heterocycles. The van der Waals surface area contributed by atoms with Crippen molar-refractivity contribution in [1.29, 1.82) is 0 Å². The minimum atomic E-state index is -0.567. The van der Waals surface area contributed by atoms with E-state index in [9.17, 15) is 0 Å². The number of hydrogen-bond acceptors (Lipinski definition) is 2. The predicted octanol–water partition coefficient (Wildman–Crippen LogP) is 13.0. The Hall–Kier alpha value is -6.56. The van der Waals surface area contributed by atoms with Gasteiger partial charge in [-0.15, -0.1) is 0 Å². The van der Waals surface area contributed by atoms with E-state index in [1.165, 1.54) is 44.5 Å². The van der Waals surface area contributed by atoms with Crippen molar-refractivity contribution in [2.45, 2.75) is 38.5 Å². The van der Waals surface area contributed by atoms with E-state index in [0.717, 1.165) is 50.8 Å². The Bertz CT molecular complexity index is 2650. The van der Waals surface area contributed by atoms with Gasteiger partial charge in [0.15, 0.2) is 5.76 Å². The van der Waals surface area contributed by atoms with Crippen LogP contribution in [0, 0.1) is 12.1 Å². The summed E-state index contributed by atoms with van der Waals surface area (Å²) in [7, 11) is 0. The topological polar surface area (TPSA) is 12.5 Å². The highest BCUT2D eigenvalue weighted by Crippen LogP contribution is 2.62. The second kappa shape index (κ2) is 12.0. The van der Waals surface area contributed by atoms with Crippen molar-refractivity contribution < 1.29 is 4.74 Å². The Kier molecular flexibility index (Phi) is 7.13. The van der Waals surface area contributed by atoms with Gasteiger partial charge in [0, 0.05) is 33.4 Å². The second-order valence-electron chi connectivity index (χ2n) is 15.0. The molecule has 0 N–H and O–H groups in total. The van der Waals surface area contributed by atoms with Crippen molar-refractivity contribution in [2.24, 2.45) is 0 Å². The predicted molar refractivity (Wildman–Crippen MR) is 221 cm³/mol. The van der Waals surface area contributed by atoms with Crippen LogP contribution in [-0.4, -0.2) is 0 Å². The standard InChI is InChI=1S/C52H39NO/c1-5-42-50(54-49-30-18-16-28-46(49)52(42)44-26-14-10-23-39(44)40-24-11-15-27-45(40)52)34(2)53(48-29-17-12-21-37(48)35-19-7-6-8-20-35)36-31-32-41-38-22-9-13-25-43(38)51(3,4)47(41)33-36/h5-7,9-19,21-33H,1-4H3/b42-5+,50-34-. The van der Waals surface area contributed by atoms with Gasteiger partial charge in [-0.05, 0) is 94.8 Å². The maximum Gasteiger partial charge on any atom is 0.151 e. The molecule has 0 fully saturated rings. The second-order valence-corrected chi connectivity index (χ2v) is 15.0. The molecule has 0 amide bonds. The van der Waals surface area contributed by atoms with Crippen LogP contribution in [-0.2, 0) is 10.8 Å². The van der Waals surface area contributed by atoms with Crippen LogP contribution in [0.4, 0.5) is 11.4 Å². The molecule has 0 aromatic heterocycles. The number of para-hydroxylation sites is 2. The van der Waals surface area contributed by atoms with Gasteiger partial charge in [0.1, 0.15) is 5.75 Å². The summed E-state index contributed by atoms with van der Waals surface area (Å²) >= 11 is 0. The molecule has 2 nitrogen and oxygen atoms in total. The molecule has 2 aliphatic carbocycles. The molecular formula is C52H39NO. The number of benzene rings is 6. The fourth-order valence-electron chi connectivity index (χ4n) is 9.63. The molecule has 0 radical (unpaired) electrons. The third-order valence-corrected chi connectivity index (χ3v) is 12.0. The lowest BCUT2D eigenvalue weighted by Gasteiger charge is -2.42. The van der Waals surface area contributed by atoms with Gasteiger partial charge in [0.25, 0.3) is 0 Å². The lowest BCUT2D eigenvalue weighted by atomic mass is 9.65. The van der Waals surface area contributed by atoms with Crippen molar-refractivity contribution in [3.05, 3.63) is 221 Å². The van der Waals surface area contributed by atoms with E-state index < -0.39 is 5.41 Å². The van der Waals surface area contributed by atoms with E-state index in [0.29, 0.717) is 0 Å². The van der Waals surface area contributed by atoms with Gasteiger partial charge in [-0.25, -0.2) is 0 Å². The first-order valence-electron chi connectivity index (χ1n) is 18.8. The highest BCUT2D eigenvalue weighted by Gasteiger charge is 2.53. The molecule has 7 aromatic rings. The van der Waals surface area contributed by atoms with Crippen LogP contribution < -0.4 is 9.64 Å². The summed E-state index contributed by atoms with van der Waals surface area (Å²) in [6, 6.07) is 63.5. The molecule has 258 valence electrons. The molecule has 0 atom stereocenters. The first-order valence-corrected chi connectivity index (χ1v) is 18.8. The van der Waals surface area contributed by atoms with Gasteiger partial charge in [-0.1, -0.05) is 153 Å². The van der Waals surface area contributed by atoms with Gasteiger partial charge >= 0.3 is 0 Å². The number of rotatable bonds is 4. The lowest BCUT2D eigenvalue weighted by molar-refractivity contribution is 0.383. The molecule has 0 bridgehead atoms. The summed E-state index contributed by atoms with van der Waals surface area (Å²) in [6.07, 6.45) is 2.28. The number of fused-ring (bicyclic) bond motifs is 10. The SMILES string of the molecule is C/C=C1\C(=C(/C)N(c2ccc3c(c2)C(C)(C)c2ccccc2-3)c2ccccc2-c2c#cccc2)Oc2ccccc2C12c1ccccc1-c1ccccc12. The minimum Gasteiger partial charge on any atom is -0.455 e. The van der Waals surface area contributed by atoms with Crippen LogP contribution in [0.3, 0.4) is 0 Å². The Labute approximate surface area is 318 Å². The molecule has 0 unspecified atom stereocenters. The van der Waals surface area contributed by atoms with Crippen molar-refractivity contribution in [2.75, 3.05) is 4.90 Å². The van der Waals surface area contributed by atoms with E-state index in [-0.39, 0.29) is 5.41 Å². The number of allylic oxidation sites excluding steroid dienone is 3. The number of ether oxygens (including phenoxy) is 1. The summed E-state index contributed by atoms with van der Waals surface area (Å²) in [5.74, 6) is 1.72. The Balaban J connectivity index is 1.27. The molecule has 0 saturated heterocycles. The fraction of sp³-hybridized carbons (Fsp3) is 0.115. The summed E-state index contributed by atoms with van der Waals surface area (Å²) in [5.41, 5.74) is 17.1. The van der Waals surface area contributed by atoms with Crippen LogP contribution in [0.5, 0.6) is 5.75 Å². The average Bonchev–Trinajstić information content (AvgIpc) is 3.64. The molecule has 10 rings (SSSR count). The van der Waals surface area contributed by atoms with Gasteiger partial charge < -0.3 is 9.64 Å². The summed E-state index contributed by atoms with van der Waals surface area (Å²) < 4.78 is 7.22. The lowest BCUT2D eigenvalue weighted by Crippen LogP contribution is -2.37. The first kappa shape index (κ1) is 32.1. The van der Waals surface area contributed by atoms with Crippen LogP contribution in [0.2, 0.25) is 0 Å². The van der Waals surface area contributed by atoms with Crippen LogP contribution in [0.15, 0.2) is 181 Å². The summed E-state index contributed by atoms with van der Waals surface area (Å²) in [6.45, 7) is 9.07. The maximum absolute atomic E-state index is 7.22. The molecule has 2 heteroatoms. The zero-order chi connectivity index (χ0) is 36.6. The number of hydrogen-bond donors (Lipinski definition) is 0. The zero-order valence-electron chi connectivity index (χ0n) is 30.9. The van der Waals surface area contributed by atoms with E-state index in [1.807, 2.05) is 12.1 Å². The normalized spacial score (nSPS) is 16.7. The Morgan fingerprint density at radius 3 is 1.83 bits per heavy atom. The van der Waals surface area contributed by atoms with E-state index in [4.69, 9.17) is 4.74 Å². The third kappa shape index (κ3) is 4.36. The quantitative estimate of drug-likeness (QED) is 0.182. The molecule has 7 aromatic carbocycles. The van der Waals surface area contributed by atoms with Crippen molar-refractivity contribution in [3.63, 3.8) is 0 Å². The molecule has 0 saturated carbocycles. The number of anilines is 2. The van der Waals surface area contributed by atoms with Gasteiger partial charge in [-0.2, -0.15) is 0 Å². The highest BCUT2D eigenvalue weighted by molar-refractivity contribution is 5.91. The molecular weight excluding hydrogens is 655 g/mol. The molecule has 54 heavy (non-hydrogen) atoms. The fourth-order valence-corrected chi connectivity index (χ4v) is 9.63. The van der Waals surface area contributed by atoms with Crippen LogP contribution >= 0.6 is 0 Å². The first-order chi connectivity index (χ1) is 26.4. The smallest absolute Gasteiger partial charge is 0.151 e. The zero-order valence-corrected chi connectivity index (χ0v) is 30.9. The minimum absolute atomic E-state index is 0.160. The third-order valence-electron chi connectivity index (χ3n) is 12.0. The average molecular weight is 694 g/mol. The van der Waals surface area contributed by atoms with Gasteiger partial charge in [0.05, 0.1) is 16.8 Å². The monoisotopic (exact) mass is 693 g/mol. The van der Waals surface area contributed by atoms with E-state index in [1.54, 1.807) is 0 Å². The van der Waals surface area contributed by atoms with Gasteiger partial charge in [-0.3, -0.25) is 0 Å². The molecule has 1 heterocycles. The summed E-state index contributed by atoms with van der Waals surface area (Å²) in [4.78, 5) is 2.41. The largest absolute Gasteiger partial charge is 0.455 e. The van der Waals surface area contributed by atoms with E-state index in [2.05, 4.69) is 196 Å². The van der Waals surface area contributed by atoms with Gasteiger partial charge in [0.2, 0.25) is 0 Å². The van der Waals surface area contributed by atoms with Crippen LogP contribution in [0.1, 0.15) is 55.5 Å². The number of nitrogens with zero attached hydrogens (tertiary/aromatic N) is 1. The summed E-state index contributed by atoms with van der Waals surface area (Å²) in [5, 5.41) is 0. The Morgan fingerprint density at radius 1 is 0.593 bits per heavy atom. The molecule has 1 spiro atoms. The van der Waals surface area contributed by atoms with Crippen molar-refractivity contribution in [1.82, 2.24) is 0 Å². The highest BCUT2D eigenvalue weighted by atomic mass is 16.5. The molecule has 3 aliphatic rings. The van der Waals surface area contributed by atoms with E-state index >= 15 is 0 Å². The van der Waals surface area contributed by atoms with Crippen LogP contribution in [0.25, 0.3) is 33.4 Å². The van der Waals surface area contributed by atoms with Crippen molar-refractivity contribution in [3.8, 4) is 39.1 Å².